The molecule has 2 rings (SSSR count). The molecule has 18 heavy (non-hydrogen) atoms. The van der Waals surface area contributed by atoms with Crippen LogP contribution >= 0.6 is 0 Å². The number of nitrogens with one attached hydrogen (secondary N) is 1. The molecule has 0 amide bonds. The largest absolute Gasteiger partial charge is 0.362 e. The minimum absolute atomic E-state index is 0.104. The summed E-state index contributed by atoms with van der Waals surface area (Å²) in [6.07, 6.45) is 9.13. The van der Waals surface area contributed by atoms with Crippen molar-refractivity contribution in [1.29, 1.82) is 0 Å². The Kier molecular flexibility index (Phi) is 3.52. The summed E-state index contributed by atoms with van der Waals surface area (Å²) in [5.41, 5.74) is 5.37. The van der Waals surface area contributed by atoms with Crippen LogP contribution in [0.4, 0.5) is 0 Å². The quantitative estimate of drug-likeness (QED) is 0.741. The molecule has 2 unspecified atom stereocenters. The SMILES string of the molecule is C=C1CC(CC)(C2=CC=C(C)CC(C)C2)C(=C)N1. The van der Waals surface area contributed by atoms with Crippen LogP contribution in [-0.4, -0.2) is 0 Å². The second-order valence-electron chi connectivity index (χ2n) is 6.04. The normalized spacial score (nSPS) is 32.7. The zero-order valence-electron chi connectivity index (χ0n) is 12.0. The third kappa shape index (κ3) is 2.19. The standard InChI is InChI=1S/C17H25N/c1-6-17(11-14(4)18-15(17)5)16-8-7-12(2)9-13(3)10-16/h7-8,13,18H,4-6,9-11H2,1-3H3. The van der Waals surface area contributed by atoms with Gasteiger partial charge in [-0.05, 0) is 32.1 Å². The van der Waals surface area contributed by atoms with Gasteiger partial charge in [0.15, 0.2) is 0 Å². The van der Waals surface area contributed by atoms with Gasteiger partial charge in [-0.1, -0.05) is 50.3 Å². The van der Waals surface area contributed by atoms with E-state index in [1.54, 1.807) is 0 Å². The Morgan fingerprint density at radius 3 is 2.61 bits per heavy atom. The Labute approximate surface area is 111 Å². The molecule has 1 nitrogen and oxygen atoms in total. The first-order valence-electron chi connectivity index (χ1n) is 6.99. The van der Waals surface area contributed by atoms with Crippen molar-refractivity contribution in [2.75, 3.05) is 0 Å². The minimum atomic E-state index is 0.104. The van der Waals surface area contributed by atoms with E-state index in [-0.39, 0.29) is 5.41 Å². The van der Waals surface area contributed by atoms with Gasteiger partial charge in [0.05, 0.1) is 0 Å². The van der Waals surface area contributed by atoms with Gasteiger partial charge in [0, 0.05) is 23.2 Å². The Bertz CT molecular complexity index is 439. The fraction of sp³-hybridized carbons (Fsp3) is 0.529. The summed E-state index contributed by atoms with van der Waals surface area (Å²) >= 11 is 0. The molecule has 0 aromatic carbocycles. The predicted molar refractivity (Wildman–Crippen MR) is 79.0 cm³/mol. The van der Waals surface area contributed by atoms with Crippen molar-refractivity contribution in [1.82, 2.24) is 5.32 Å². The van der Waals surface area contributed by atoms with Crippen molar-refractivity contribution in [2.24, 2.45) is 11.3 Å². The Hall–Kier alpha value is -1.24. The van der Waals surface area contributed by atoms with E-state index in [1.165, 1.54) is 24.0 Å². The number of hydrogen-bond donors (Lipinski definition) is 1. The van der Waals surface area contributed by atoms with Crippen LogP contribution in [0.1, 0.15) is 46.5 Å². The molecule has 0 spiro atoms. The van der Waals surface area contributed by atoms with Gasteiger partial charge < -0.3 is 5.32 Å². The summed E-state index contributed by atoms with van der Waals surface area (Å²) in [6.45, 7) is 15.2. The number of hydrogen-bond acceptors (Lipinski definition) is 1. The lowest BCUT2D eigenvalue weighted by Gasteiger charge is -2.32. The molecule has 0 aromatic heterocycles. The lowest BCUT2D eigenvalue weighted by molar-refractivity contribution is 0.401. The van der Waals surface area contributed by atoms with Crippen molar-refractivity contribution in [2.45, 2.75) is 46.5 Å². The number of allylic oxidation sites excluding steroid dienone is 5. The Morgan fingerprint density at radius 2 is 2.06 bits per heavy atom. The van der Waals surface area contributed by atoms with Gasteiger partial charge in [-0.25, -0.2) is 0 Å². The second kappa shape index (κ2) is 4.79. The first-order valence-corrected chi connectivity index (χ1v) is 6.99. The van der Waals surface area contributed by atoms with E-state index in [0.717, 1.165) is 30.2 Å². The fourth-order valence-electron chi connectivity index (χ4n) is 3.45. The van der Waals surface area contributed by atoms with E-state index >= 15 is 0 Å². The highest BCUT2D eigenvalue weighted by Gasteiger charge is 2.41. The molecule has 1 saturated heterocycles. The van der Waals surface area contributed by atoms with Gasteiger partial charge in [-0.2, -0.15) is 0 Å². The summed E-state index contributed by atoms with van der Waals surface area (Å²) in [6, 6.07) is 0. The summed E-state index contributed by atoms with van der Waals surface area (Å²) in [5, 5.41) is 3.35. The van der Waals surface area contributed by atoms with Crippen LogP contribution < -0.4 is 5.32 Å². The van der Waals surface area contributed by atoms with Crippen molar-refractivity contribution in [3.63, 3.8) is 0 Å². The van der Waals surface area contributed by atoms with Crippen LogP contribution in [0.3, 0.4) is 0 Å². The van der Waals surface area contributed by atoms with E-state index in [9.17, 15) is 0 Å². The van der Waals surface area contributed by atoms with E-state index in [4.69, 9.17) is 0 Å². The molecule has 1 fully saturated rings. The molecule has 0 bridgehead atoms. The maximum absolute atomic E-state index is 4.25. The average molecular weight is 243 g/mol. The van der Waals surface area contributed by atoms with Crippen LogP contribution in [0.5, 0.6) is 0 Å². The smallest absolute Gasteiger partial charge is 0.0361 e. The van der Waals surface area contributed by atoms with E-state index in [1.807, 2.05) is 0 Å². The molecule has 1 aliphatic heterocycles. The van der Waals surface area contributed by atoms with Gasteiger partial charge in [0.1, 0.15) is 0 Å². The highest BCUT2D eigenvalue weighted by Crippen LogP contribution is 2.49. The van der Waals surface area contributed by atoms with Crippen molar-refractivity contribution in [3.8, 4) is 0 Å². The highest BCUT2D eigenvalue weighted by atomic mass is 15.0. The lowest BCUT2D eigenvalue weighted by Crippen LogP contribution is -2.24. The van der Waals surface area contributed by atoms with Gasteiger partial charge in [-0.15, -0.1) is 0 Å². The Balaban J connectivity index is 2.39. The summed E-state index contributed by atoms with van der Waals surface area (Å²) in [7, 11) is 0. The molecule has 2 atom stereocenters. The molecule has 1 heteroatoms. The Morgan fingerprint density at radius 1 is 1.33 bits per heavy atom. The second-order valence-corrected chi connectivity index (χ2v) is 6.04. The summed E-state index contributed by atoms with van der Waals surface area (Å²) in [5.74, 6) is 0.722. The lowest BCUT2D eigenvalue weighted by atomic mass is 9.71. The molecule has 0 aromatic rings. The van der Waals surface area contributed by atoms with Gasteiger partial charge in [-0.3, -0.25) is 0 Å². The van der Waals surface area contributed by atoms with E-state index in [0.29, 0.717) is 0 Å². The van der Waals surface area contributed by atoms with Crippen LogP contribution in [-0.2, 0) is 0 Å². The topological polar surface area (TPSA) is 12.0 Å². The summed E-state index contributed by atoms with van der Waals surface area (Å²) in [4.78, 5) is 0. The zero-order chi connectivity index (χ0) is 13.3. The summed E-state index contributed by atoms with van der Waals surface area (Å²) < 4.78 is 0. The van der Waals surface area contributed by atoms with Gasteiger partial charge in [0.2, 0.25) is 0 Å². The minimum Gasteiger partial charge on any atom is -0.362 e. The molecular weight excluding hydrogens is 218 g/mol. The third-order valence-corrected chi connectivity index (χ3v) is 4.45. The molecule has 0 saturated carbocycles. The first-order chi connectivity index (χ1) is 8.48. The molecule has 0 radical (unpaired) electrons. The maximum atomic E-state index is 4.25. The monoisotopic (exact) mass is 243 g/mol. The van der Waals surface area contributed by atoms with Crippen LogP contribution in [0.2, 0.25) is 0 Å². The van der Waals surface area contributed by atoms with Crippen molar-refractivity contribution in [3.05, 3.63) is 47.9 Å². The zero-order valence-corrected chi connectivity index (χ0v) is 12.0. The van der Waals surface area contributed by atoms with Crippen LogP contribution in [0, 0.1) is 11.3 Å². The molecule has 98 valence electrons. The predicted octanol–water partition coefficient (Wildman–Crippen LogP) is 4.71. The number of rotatable bonds is 2. The van der Waals surface area contributed by atoms with Crippen molar-refractivity contribution < 1.29 is 0 Å². The fourth-order valence-corrected chi connectivity index (χ4v) is 3.45. The molecule has 2 aliphatic rings. The molecule has 1 aliphatic carbocycles. The van der Waals surface area contributed by atoms with E-state index < -0.39 is 0 Å². The third-order valence-electron chi connectivity index (χ3n) is 4.45. The van der Waals surface area contributed by atoms with Crippen molar-refractivity contribution >= 4 is 0 Å². The van der Waals surface area contributed by atoms with Gasteiger partial charge >= 0.3 is 0 Å². The highest BCUT2D eigenvalue weighted by molar-refractivity contribution is 5.39. The van der Waals surface area contributed by atoms with Crippen LogP contribution in [0.15, 0.2) is 47.9 Å². The molecule has 1 N–H and O–H groups in total. The molecule has 1 heterocycles. The van der Waals surface area contributed by atoms with Gasteiger partial charge in [0.25, 0.3) is 0 Å². The van der Waals surface area contributed by atoms with E-state index in [2.05, 4.69) is 51.4 Å². The first kappa shape index (κ1) is 13.2. The van der Waals surface area contributed by atoms with Crippen LogP contribution in [0.25, 0.3) is 0 Å². The average Bonchev–Trinajstić information content (AvgIpc) is 2.47. The maximum Gasteiger partial charge on any atom is 0.0361 e. The molecular formula is C17H25N.